The van der Waals surface area contributed by atoms with Gasteiger partial charge in [0.1, 0.15) is 5.82 Å². The van der Waals surface area contributed by atoms with Crippen molar-refractivity contribution in [2.75, 3.05) is 30.5 Å². The number of nitrogens with zero attached hydrogens (tertiary/aromatic N) is 2. The van der Waals surface area contributed by atoms with Crippen molar-refractivity contribution in [1.82, 2.24) is 10.3 Å². The van der Waals surface area contributed by atoms with Gasteiger partial charge >= 0.3 is 0 Å². The van der Waals surface area contributed by atoms with Crippen molar-refractivity contribution in [2.24, 2.45) is 0 Å². The number of aromatic nitrogens is 1. The predicted molar refractivity (Wildman–Crippen MR) is 75.8 cm³/mol. The van der Waals surface area contributed by atoms with Crippen LogP contribution in [-0.2, 0) is 0 Å². The minimum atomic E-state index is 0.343. The van der Waals surface area contributed by atoms with E-state index in [4.69, 9.17) is 0 Å². The van der Waals surface area contributed by atoms with E-state index >= 15 is 0 Å². The Hall–Kier alpha value is -0.740. The molecule has 1 aliphatic heterocycles. The molecule has 3 nitrogen and oxygen atoms in total. The number of hydrogen-bond acceptors (Lipinski definition) is 4. The van der Waals surface area contributed by atoms with Gasteiger partial charge in [-0.2, -0.15) is 11.8 Å². The van der Waals surface area contributed by atoms with Crippen LogP contribution in [0.5, 0.6) is 0 Å². The molecule has 0 radical (unpaired) electrons. The molecule has 2 rings (SSSR count). The number of hydrogen-bond donors (Lipinski definition) is 1. The average molecular weight is 251 g/mol. The third-order valence-electron chi connectivity index (χ3n) is 3.50. The van der Waals surface area contributed by atoms with E-state index in [1.54, 1.807) is 0 Å². The molecular formula is C13H21N3S. The maximum Gasteiger partial charge on any atom is 0.133 e. The van der Waals surface area contributed by atoms with Crippen LogP contribution in [0.1, 0.15) is 24.9 Å². The summed E-state index contributed by atoms with van der Waals surface area (Å²) in [6.45, 7) is 2.18. The molecule has 2 unspecified atom stereocenters. The molecule has 17 heavy (non-hydrogen) atoms. The minimum absolute atomic E-state index is 0.343. The van der Waals surface area contributed by atoms with E-state index < -0.39 is 0 Å². The first kappa shape index (κ1) is 12.7. The molecule has 1 N–H and O–H groups in total. The molecule has 1 aromatic rings. The standard InChI is InChI=1S/C13H21N3S/c1-10(14-2)12-5-4-7-15-13(12)16(3)11-6-8-17-9-11/h4-5,7,10-11,14H,6,8-9H2,1-3H3. The molecule has 1 aromatic heterocycles. The molecule has 4 heteroatoms. The van der Waals surface area contributed by atoms with Crippen molar-refractivity contribution in [3.8, 4) is 0 Å². The summed E-state index contributed by atoms with van der Waals surface area (Å²) in [7, 11) is 4.16. The second-order valence-electron chi connectivity index (χ2n) is 4.55. The van der Waals surface area contributed by atoms with Gasteiger partial charge in [0.25, 0.3) is 0 Å². The van der Waals surface area contributed by atoms with E-state index in [2.05, 4.69) is 35.2 Å². The van der Waals surface area contributed by atoms with Crippen LogP contribution in [0.4, 0.5) is 5.82 Å². The van der Waals surface area contributed by atoms with Crippen molar-refractivity contribution < 1.29 is 0 Å². The van der Waals surface area contributed by atoms with E-state index in [1.165, 1.54) is 23.5 Å². The molecule has 1 fully saturated rings. The SMILES string of the molecule is CNC(C)c1cccnc1N(C)C1CCSC1. The summed E-state index contributed by atoms with van der Waals surface area (Å²) in [5.41, 5.74) is 1.29. The maximum atomic E-state index is 4.57. The van der Waals surface area contributed by atoms with Crippen molar-refractivity contribution in [3.63, 3.8) is 0 Å². The second-order valence-corrected chi connectivity index (χ2v) is 5.70. The molecule has 0 saturated carbocycles. The Morgan fingerprint density at radius 3 is 3.06 bits per heavy atom. The normalized spacial score (nSPS) is 21.5. The summed E-state index contributed by atoms with van der Waals surface area (Å²) in [4.78, 5) is 6.92. The summed E-state index contributed by atoms with van der Waals surface area (Å²) in [5, 5.41) is 3.30. The van der Waals surface area contributed by atoms with Gasteiger partial charge in [-0.15, -0.1) is 0 Å². The maximum absolute atomic E-state index is 4.57. The molecule has 0 bridgehead atoms. The highest BCUT2D eigenvalue weighted by atomic mass is 32.2. The van der Waals surface area contributed by atoms with Gasteiger partial charge in [-0.3, -0.25) is 0 Å². The van der Waals surface area contributed by atoms with Gasteiger partial charge in [-0.05, 0) is 32.2 Å². The summed E-state index contributed by atoms with van der Waals surface area (Å²) in [5.74, 6) is 3.63. The third-order valence-corrected chi connectivity index (χ3v) is 4.65. The summed E-state index contributed by atoms with van der Waals surface area (Å²) >= 11 is 2.04. The van der Waals surface area contributed by atoms with Crippen LogP contribution in [0, 0.1) is 0 Å². The Labute approximate surface area is 108 Å². The Balaban J connectivity index is 2.24. The van der Waals surface area contributed by atoms with E-state index in [0.717, 1.165) is 5.82 Å². The Bertz CT molecular complexity index is 363. The smallest absolute Gasteiger partial charge is 0.133 e. The van der Waals surface area contributed by atoms with Crippen LogP contribution in [-0.4, -0.2) is 36.6 Å². The summed E-state index contributed by atoms with van der Waals surface area (Å²) in [6.07, 6.45) is 3.16. The molecule has 1 saturated heterocycles. The van der Waals surface area contributed by atoms with Crippen LogP contribution in [0.3, 0.4) is 0 Å². The highest BCUT2D eigenvalue weighted by Gasteiger charge is 2.23. The highest BCUT2D eigenvalue weighted by molar-refractivity contribution is 7.99. The zero-order valence-electron chi connectivity index (χ0n) is 10.8. The van der Waals surface area contributed by atoms with Crippen LogP contribution in [0.15, 0.2) is 18.3 Å². The Kier molecular flexibility index (Phi) is 4.29. The largest absolute Gasteiger partial charge is 0.356 e. The minimum Gasteiger partial charge on any atom is -0.356 e. The quantitative estimate of drug-likeness (QED) is 0.889. The zero-order valence-corrected chi connectivity index (χ0v) is 11.6. The summed E-state index contributed by atoms with van der Waals surface area (Å²) in [6, 6.07) is 5.17. The van der Waals surface area contributed by atoms with Crippen LogP contribution >= 0.6 is 11.8 Å². The molecule has 0 amide bonds. The first-order valence-corrected chi connectivity index (χ1v) is 7.32. The van der Waals surface area contributed by atoms with Crippen molar-refractivity contribution in [3.05, 3.63) is 23.9 Å². The van der Waals surface area contributed by atoms with Gasteiger partial charge in [0, 0.05) is 36.6 Å². The Morgan fingerprint density at radius 2 is 2.41 bits per heavy atom. The van der Waals surface area contributed by atoms with Gasteiger partial charge in [-0.1, -0.05) is 6.07 Å². The van der Waals surface area contributed by atoms with Gasteiger partial charge in [-0.25, -0.2) is 4.98 Å². The van der Waals surface area contributed by atoms with Gasteiger partial charge in [0.2, 0.25) is 0 Å². The molecule has 2 heterocycles. The molecule has 1 aliphatic rings. The molecule has 0 spiro atoms. The zero-order chi connectivity index (χ0) is 12.3. The van der Waals surface area contributed by atoms with Gasteiger partial charge in [0.05, 0.1) is 0 Å². The number of pyridine rings is 1. The van der Waals surface area contributed by atoms with E-state index in [-0.39, 0.29) is 0 Å². The number of rotatable bonds is 4. The van der Waals surface area contributed by atoms with Crippen LogP contribution < -0.4 is 10.2 Å². The van der Waals surface area contributed by atoms with E-state index in [9.17, 15) is 0 Å². The molecule has 94 valence electrons. The van der Waals surface area contributed by atoms with Crippen LogP contribution in [0.25, 0.3) is 0 Å². The van der Waals surface area contributed by atoms with Gasteiger partial charge in [0.15, 0.2) is 0 Å². The van der Waals surface area contributed by atoms with E-state index in [1.807, 2.05) is 31.1 Å². The van der Waals surface area contributed by atoms with Gasteiger partial charge < -0.3 is 10.2 Å². The van der Waals surface area contributed by atoms with Crippen LogP contribution in [0.2, 0.25) is 0 Å². The topological polar surface area (TPSA) is 28.2 Å². The molecule has 0 aliphatic carbocycles. The molecular weight excluding hydrogens is 230 g/mol. The number of thioether (sulfide) groups is 1. The van der Waals surface area contributed by atoms with E-state index in [0.29, 0.717) is 12.1 Å². The lowest BCUT2D eigenvalue weighted by molar-refractivity contribution is 0.632. The fourth-order valence-corrected chi connectivity index (χ4v) is 3.47. The number of anilines is 1. The lowest BCUT2D eigenvalue weighted by atomic mass is 10.1. The molecule has 2 atom stereocenters. The highest BCUT2D eigenvalue weighted by Crippen LogP contribution is 2.29. The Morgan fingerprint density at radius 1 is 1.59 bits per heavy atom. The van der Waals surface area contributed by atoms with Crippen molar-refractivity contribution in [2.45, 2.75) is 25.4 Å². The second kappa shape index (κ2) is 5.74. The lowest BCUT2D eigenvalue weighted by Crippen LogP contribution is -2.33. The first-order chi connectivity index (χ1) is 8.24. The summed E-state index contributed by atoms with van der Waals surface area (Å²) < 4.78 is 0. The fourth-order valence-electron chi connectivity index (χ4n) is 2.20. The fraction of sp³-hybridized carbons (Fsp3) is 0.615. The number of nitrogens with one attached hydrogen (secondary N) is 1. The predicted octanol–water partition coefficient (Wildman–Crippen LogP) is 2.30. The first-order valence-electron chi connectivity index (χ1n) is 6.16. The third kappa shape index (κ3) is 2.75. The average Bonchev–Trinajstić information content (AvgIpc) is 2.91. The molecule has 0 aromatic carbocycles. The van der Waals surface area contributed by atoms with Crippen molar-refractivity contribution >= 4 is 17.6 Å². The van der Waals surface area contributed by atoms with Crippen molar-refractivity contribution in [1.29, 1.82) is 0 Å². The lowest BCUT2D eigenvalue weighted by Gasteiger charge is -2.28. The monoisotopic (exact) mass is 251 g/mol.